The highest BCUT2D eigenvalue weighted by molar-refractivity contribution is 6.30. The van der Waals surface area contributed by atoms with Gasteiger partial charge in [-0.2, -0.15) is 0 Å². The van der Waals surface area contributed by atoms with Gasteiger partial charge in [0.1, 0.15) is 11.4 Å². The Bertz CT molecular complexity index is 2650. The van der Waals surface area contributed by atoms with Crippen LogP contribution in [0.25, 0.3) is 11.1 Å². The topological polar surface area (TPSA) is 175 Å². The SMILES string of the molecule is CC(=O)N1c2ccc(-c3ccc(C(=O)NCCOCCOCCOCCOCCOCCNC(=O)COc4ccc(C5c6ccccc6CN5C(=O)OC(C)(C)C)cc4)cc3)cc2[C@H](Nc2ccc(Cl)cc2)C[C@@H]1C. The molecule has 400 valence electrons. The van der Waals surface area contributed by atoms with Crippen LogP contribution in [0.1, 0.15) is 85.7 Å². The maximum Gasteiger partial charge on any atom is 0.411 e. The van der Waals surface area contributed by atoms with Gasteiger partial charge in [-0.1, -0.05) is 66.2 Å². The van der Waals surface area contributed by atoms with E-state index in [0.29, 0.717) is 102 Å². The number of rotatable bonds is 26. The Morgan fingerprint density at radius 3 is 1.87 bits per heavy atom. The quantitative estimate of drug-likeness (QED) is 0.0449. The van der Waals surface area contributed by atoms with Crippen LogP contribution in [0.4, 0.5) is 16.2 Å². The fourth-order valence-electron chi connectivity index (χ4n) is 8.99. The Balaban J connectivity index is 0.670. The lowest BCUT2D eigenvalue weighted by Gasteiger charge is -2.39. The number of hydrogen-bond acceptors (Lipinski definition) is 12. The summed E-state index contributed by atoms with van der Waals surface area (Å²) in [5, 5.41) is 10.00. The number of anilines is 2. The van der Waals surface area contributed by atoms with Gasteiger partial charge in [-0.3, -0.25) is 19.3 Å². The van der Waals surface area contributed by atoms with Gasteiger partial charge in [-0.05, 0) is 128 Å². The summed E-state index contributed by atoms with van der Waals surface area (Å²) in [4.78, 5) is 54.7. The van der Waals surface area contributed by atoms with Crippen LogP contribution in [-0.4, -0.2) is 126 Å². The minimum absolute atomic E-state index is 0.00356. The lowest BCUT2D eigenvalue weighted by molar-refractivity contribution is -0.123. The summed E-state index contributed by atoms with van der Waals surface area (Å²) < 4.78 is 39.3. The van der Waals surface area contributed by atoms with Crippen LogP contribution in [0, 0.1) is 0 Å². The summed E-state index contributed by atoms with van der Waals surface area (Å²) in [7, 11) is 0. The molecule has 7 rings (SSSR count). The first-order chi connectivity index (χ1) is 36.2. The third-order valence-corrected chi connectivity index (χ3v) is 12.7. The van der Waals surface area contributed by atoms with Gasteiger partial charge in [0.2, 0.25) is 5.91 Å². The lowest BCUT2D eigenvalue weighted by Crippen LogP contribution is -2.43. The summed E-state index contributed by atoms with van der Waals surface area (Å²) in [6.45, 7) is 14.1. The lowest BCUT2D eigenvalue weighted by atomic mass is 9.88. The van der Waals surface area contributed by atoms with E-state index in [1.54, 1.807) is 24.0 Å². The zero-order valence-corrected chi connectivity index (χ0v) is 44.3. The van der Waals surface area contributed by atoms with Gasteiger partial charge < -0.3 is 54.0 Å². The van der Waals surface area contributed by atoms with E-state index in [2.05, 4.69) is 28.9 Å². The molecule has 0 saturated heterocycles. The van der Waals surface area contributed by atoms with E-state index in [-0.39, 0.29) is 48.5 Å². The summed E-state index contributed by atoms with van der Waals surface area (Å²) >= 11 is 6.13. The smallest absolute Gasteiger partial charge is 0.411 e. The molecule has 16 nitrogen and oxygen atoms in total. The molecule has 0 radical (unpaired) electrons. The molecular weight excluding hydrogens is 978 g/mol. The zero-order chi connectivity index (χ0) is 53.2. The van der Waals surface area contributed by atoms with Crippen molar-refractivity contribution in [1.82, 2.24) is 15.5 Å². The van der Waals surface area contributed by atoms with Gasteiger partial charge in [-0.15, -0.1) is 0 Å². The largest absolute Gasteiger partial charge is 0.484 e. The first-order valence-electron chi connectivity index (χ1n) is 25.5. The van der Waals surface area contributed by atoms with Crippen LogP contribution < -0.4 is 25.6 Å². The molecule has 0 saturated carbocycles. The summed E-state index contributed by atoms with van der Waals surface area (Å²) in [5.41, 5.74) is 7.80. The molecule has 4 amide bonds. The number of carbonyl (C=O) groups is 4. The molecule has 17 heteroatoms. The van der Waals surface area contributed by atoms with Gasteiger partial charge in [0.05, 0.1) is 84.7 Å². The van der Waals surface area contributed by atoms with Gasteiger partial charge in [0, 0.05) is 48.0 Å². The predicted molar refractivity (Wildman–Crippen MR) is 288 cm³/mol. The van der Waals surface area contributed by atoms with E-state index in [0.717, 1.165) is 51.2 Å². The number of ether oxygens (including phenoxy) is 7. The molecule has 0 fully saturated rings. The number of nitrogens with zero attached hydrogens (tertiary/aromatic N) is 2. The van der Waals surface area contributed by atoms with Crippen molar-refractivity contribution >= 4 is 46.8 Å². The van der Waals surface area contributed by atoms with Crippen molar-refractivity contribution in [3.8, 4) is 16.9 Å². The van der Waals surface area contributed by atoms with E-state index in [9.17, 15) is 19.2 Å². The average Bonchev–Trinajstić information content (AvgIpc) is 3.80. The second-order valence-corrected chi connectivity index (χ2v) is 19.7. The van der Waals surface area contributed by atoms with Crippen molar-refractivity contribution < 1.29 is 52.3 Å². The van der Waals surface area contributed by atoms with Crippen molar-refractivity contribution in [2.75, 3.05) is 96.0 Å². The second-order valence-electron chi connectivity index (χ2n) is 19.3. The number of halogens is 1. The van der Waals surface area contributed by atoms with Crippen molar-refractivity contribution in [2.24, 2.45) is 0 Å². The number of carbonyl (C=O) groups excluding carboxylic acids is 4. The number of nitrogens with one attached hydrogen (secondary N) is 3. The van der Waals surface area contributed by atoms with Crippen LogP contribution in [-0.2, 0) is 44.6 Å². The Morgan fingerprint density at radius 2 is 1.25 bits per heavy atom. The number of fused-ring (bicyclic) bond motifs is 2. The number of benzene rings is 5. The van der Waals surface area contributed by atoms with Crippen molar-refractivity contribution in [3.05, 3.63) is 148 Å². The fraction of sp³-hybridized carbons (Fsp3) is 0.414. The first-order valence-corrected chi connectivity index (χ1v) is 25.9. The van der Waals surface area contributed by atoms with Crippen molar-refractivity contribution in [1.29, 1.82) is 0 Å². The molecule has 0 aliphatic carbocycles. The highest BCUT2D eigenvalue weighted by atomic mass is 35.5. The normalized spacial score (nSPS) is 15.9. The van der Waals surface area contributed by atoms with Gasteiger partial charge in [-0.25, -0.2) is 4.79 Å². The van der Waals surface area contributed by atoms with E-state index < -0.39 is 5.60 Å². The molecule has 3 atom stereocenters. The van der Waals surface area contributed by atoms with E-state index in [1.165, 1.54) is 0 Å². The molecule has 2 aliphatic heterocycles. The molecule has 5 aromatic rings. The molecule has 0 bridgehead atoms. The zero-order valence-electron chi connectivity index (χ0n) is 43.6. The molecule has 2 heterocycles. The average molecular weight is 1050 g/mol. The number of amides is 4. The van der Waals surface area contributed by atoms with Gasteiger partial charge in [0.25, 0.3) is 11.8 Å². The highest BCUT2D eigenvalue weighted by Gasteiger charge is 2.37. The molecule has 2 aliphatic rings. The minimum Gasteiger partial charge on any atom is -0.484 e. The Labute approximate surface area is 445 Å². The number of hydrogen-bond donors (Lipinski definition) is 3. The standard InChI is InChI=1S/C58H70ClN5O11/c1-40-36-52(62-48-19-17-47(59)18-20-48)51-37-45(16-23-53(51)64(40)41(2)65)42-10-12-44(13-11-42)56(67)61-25-27-70-29-31-72-33-35-73-34-32-71-30-28-69-26-24-60-54(66)39-74-49-21-14-43(15-22-49)55-50-9-7-6-8-46(50)38-63(55)57(68)75-58(3,4)5/h6-23,37,40,52,55,62H,24-36,38-39H2,1-5H3,(H,60,66)(H,61,67)/t40-,52+,55?/m0/s1. The maximum absolute atomic E-state index is 13.1. The van der Waals surface area contributed by atoms with Crippen LogP contribution in [0.3, 0.4) is 0 Å². The minimum atomic E-state index is -0.613. The van der Waals surface area contributed by atoms with Crippen molar-refractivity contribution in [3.63, 3.8) is 0 Å². The van der Waals surface area contributed by atoms with Crippen LogP contribution in [0.5, 0.6) is 5.75 Å². The molecule has 3 N–H and O–H groups in total. The molecule has 5 aromatic carbocycles. The van der Waals surface area contributed by atoms with Gasteiger partial charge >= 0.3 is 6.09 Å². The van der Waals surface area contributed by atoms with Gasteiger partial charge in [0.15, 0.2) is 6.61 Å². The molecule has 75 heavy (non-hydrogen) atoms. The Kier molecular flexibility index (Phi) is 20.9. The predicted octanol–water partition coefficient (Wildman–Crippen LogP) is 9.15. The van der Waals surface area contributed by atoms with E-state index in [1.807, 2.05) is 123 Å². The molecular formula is C58H70ClN5O11. The molecule has 0 aromatic heterocycles. The Hall–Kier alpha value is -6.53. The van der Waals surface area contributed by atoms with Crippen LogP contribution >= 0.6 is 11.6 Å². The summed E-state index contributed by atoms with van der Waals surface area (Å²) in [6.07, 6.45) is 0.371. The molecule has 0 spiro atoms. The monoisotopic (exact) mass is 1050 g/mol. The second kappa shape index (κ2) is 27.8. The summed E-state index contributed by atoms with van der Waals surface area (Å²) in [5.74, 6) is 0.0885. The third-order valence-electron chi connectivity index (χ3n) is 12.5. The van der Waals surface area contributed by atoms with Crippen molar-refractivity contribution in [2.45, 2.75) is 71.3 Å². The van der Waals surface area contributed by atoms with Crippen LogP contribution in [0.2, 0.25) is 5.02 Å². The maximum atomic E-state index is 13.1. The van der Waals surface area contributed by atoms with E-state index >= 15 is 0 Å². The summed E-state index contributed by atoms with van der Waals surface area (Å²) in [6, 6.07) is 36.4. The van der Waals surface area contributed by atoms with Crippen LogP contribution in [0.15, 0.2) is 115 Å². The third kappa shape index (κ3) is 16.7. The fourth-order valence-corrected chi connectivity index (χ4v) is 9.11. The Morgan fingerprint density at radius 1 is 0.667 bits per heavy atom. The van der Waals surface area contributed by atoms with E-state index in [4.69, 9.17) is 44.8 Å². The highest BCUT2D eigenvalue weighted by Crippen LogP contribution is 2.42. The first kappa shape index (κ1) is 56.2. The molecule has 1 unspecified atom stereocenters.